The van der Waals surface area contributed by atoms with Crippen LogP contribution in [0.1, 0.15) is 18.4 Å². The van der Waals surface area contributed by atoms with Gasteiger partial charge in [0.15, 0.2) is 0 Å². The first-order valence-corrected chi connectivity index (χ1v) is 10.4. The third-order valence-electron chi connectivity index (χ3n) is 4.32. The summed E-state index contributed by atoms with van der Waals surface area (Å²) in [5, 5.41) is 2.73. The van der Waals surface area contributed by atoms with Crippen molar-refractivity contribution in [3.8, 4) is 5.75 Å². The number of halogens is 1. The van der Waals surface area contributed by atoms with Gasteiger partial charge in [0.1, 0.15) is 11.6 Å². The van der Waals surface area contributed by atoms with Crippen molar-refractivity contribution in [1.29, 1.82) is 0 Å². The number of hydrogen-bond acceptors (Lipinski definition) is 4. The fraction of sp³-hybridized carbons (Fsp3) is 0.350. The number of benzene rings is 2. The van der Waals surface area contributed by atoms with Crippen molar-refractivity contribution in [2.75, 3.05) is 27.2 Å². The molecule has 0 aliphatic heterocycles. The molecule has 2 aromatic rings. The van der Waals surface area contributed by atoms with Gasteiger partial charge >= 0.3 is 0 Å². The molecule has 0 fully saturated rings. The van der Waals surface area contributed by atoms with Crippen molar-refractivity contribution < 1.29 is 22.3 Å². The van der Waals surface area contributed by atoms with E-state index in [9.17, 15) is 17.6 Å². The first kappa shape index (κ1) is 21.8. The molecule has 0 radical (unpaired) electrons. The van der Waals surface area contributed by atoms with Crippen molar-refractivity contribution in [3.05, 3.63) is 59.9 Å². The third-order valence-corrected chi connectivity index (χ3v) is 6.19. The maximum absolute atomic E-state index is 13.5. The number of ether oxygens (including phenoxy) is 1. The summed E-state index contributed by atoms with van der Waals surface area (Å²) in [5.74, 6) is 0.0994. The first-order chi connectivity index (χ1) is 13.3. The molecule has 0 aromatic heterocycles. The Labute approximate surface area is 165 Å². The lowest BCUT2D eigenvalue weighted by atomic mass is 10.1. The molecule has 0 saturated carbocycles. The van der Waals surface area contributed by atoms with Crippen LogP contribution in [0.4, 0.5) is 4.39 Å². The Balaban J connectivity index is 1.75. The summed E-state index contributed by atoms with van der Waals surface area (Å²) in [7, 11) is -0.623. The van der Waals surface area contributed by atoms with Crippen LogP contribution in [0.2, 0.25) is 0 Å². The SMILES string of the molecule is COc1ccc(S(=O)(=O)N(C)CCCC(=O)NCCc2ccccc2F)cc1. The second-order valence-corrected chi connectivity index (χ2v) is 8.34. The molecule has 1 N–H and O–H groups in total. The zero-order valence-corrected chi connectivity index (χ0v) is 16.8. The summed E-state index contributed by atoms with van der Waals surface area (Å²) in [6.45, 7) is 0.550. The topological polar surface area (TPSA) is 75.7 Å². The summed E-state index contributed by atoms with van der Waals surface area (Å²) in [4.78, 5) is 12.1. The highest BCUT2D eigenvalue weighted by Gasteiger charge is 2.20. The normalized spacial score (nSPS) is 11.4. The van der Waals surface area contributed by atoms with E-state index in [1.54, 1.807) is 30.3 Å². The van der Waals surface area contributed by atoms with Crippen LogP contribution in [0.3, 0.4) is 0 Å². The highest BCUT2D eigenvalue weighted by atomic mass is 32.2. The van der Waals surface area contributed by atoms with Gasteiger partial charge in [-0.1, -0.05) is 18.2 Å². The standard InChI is InChI=1S/C20H25FN2O4S/c1-23(28(25,26)18-11-9-17(27-2)10-12-18)15-5-8-20(24)22-14-13-16-6-3-4-7-19(16)21/h3-4,6-7,9-12H,5,8,13-15H2,1-2H3,(H,22,24). The quantitative estimate of drug-likeness (QED) is 0.656. The molecule has 0 bridgehead atoms. The third kappa shape index (κ3) is 6.03. The zero-order valence-electron chi connectivity index (χ0n) is 16.0. The number of methoxy groups -OCH3 is 1. The number of sulfonamides is 1. The van der Waals surface area contributed by atoms with Gasteiger partial charge in [-0.2, -0.15) is 0 Å². The molecule has 0 saturated heterocycles. The Bertz CT molecular complexity index is 885. The summed E-state index contributed by atoms with van der Waals surface area (Å²) in [6.07, 6.45) is 0.987. The maximum atomic E-state index is 13.5. The molecule has 8 heteroatoms. The van der Waals surface area contributed by atoms with Crippen LogP contribution in [0.15, 0.2) is 53.4 Å². The molecule has 0 aliphatic rings. The van der Waals surface area contributed by atoms with Gasteiger partial charge in [-0.05, 0) is 48.7 Å². The van der Waals surface area contributed by atoms with Crippen molar-refractivity contribution in [3.63, 3.8) is 0 Å². The average molecular weight is 408 g/mol. The van der Waals surface area contributed by atoms with E-state index in [1.165, 1.54) is 36.7 Å². The number of amides is 1. The van der Waals surface area contributed by atoms with E-state index in [-0.39, 0.29) is 29.6 Å². The molecular formula is C20H25FN2O4S. The monoisotopic (exact) mass is 408 g/mol. The van der Waals surface area contributed by atoms with Crippen LogP contribution in [-0.2, 0) is 21.2 Å². The summed E-state index contributed by atoms with van der Waals surface area (Å²) in [5.41, 5.74) is 0.549. The first-order valence-electron chi connectivity index (χ1n) is 8.95. The van der Waals surface area contributed by atoms with E-state index >= 15 is 0 Å². The minimum Gasteiger partial charge on any atom is -0.497 e. The Hall–Kier alpha value is -2.45. The molecule has 2 rings (SSSR count). The fourth-order valence-electron chi connectivity index (χ4n) is 2.64. The molecule has 1 amide bonds. The molecule has 0 unspecified atom stereocenters. The molecular weight excluding hydrogens is 383 g/mol. The van der Waals surface area contributed by atoms with Crippen molar-refractivity contribution in [1.82, 2.24) is 9.62 Å². The Morgan fingerprint density at radius 2 is 1.82 bits per heavy atom. The van der Waals surface area contributed by atoms with Crippen LogP contribution >= 0.6 is 0 Å². The van der Waals surface area contributed by atoms with Gasteiger partial charge in [-0.25, -0.2) is 17.1 Å². The number of hydrogen-bond donors (Lipinski definition) is 1. The molecule has 28 heavy (non-hydrogen) atoms. The molecule has 0 aliphatic carbocycles. The number of nitrogens with one attached hydrogen (secondary N) is 1. The largest absolute Gasteiger partial charge is 0.497 e. The smallest absolute Gasteiger partial charge is 0.242 e. The molecule has 6 nitrogen and oxygen atoms in total. The minimum atomic E-state index is -3.62. The van der Waals surface area contributed by atoms with Crippen LogP contribution in [-0.4, -0.2) is 45.9 Å². The maximum Gasteiger partial charge on any atom is 0.242 e. The van der Waals surface area contributed by atoms with E-state index in [0.29, 0.717) is 30.7 Å². The van der Waals surface area contributed by atoms with Gasteiger partial charge in [0, 0.05) is 26.6 Å². The Morgan fingerprint density at radius 3 is 2.46 bits per heavy atom. The lowest BCUT2D eigenvalue weighted by molar-refractivity contribution is -0.121. The van der Waals surface area contributed by atoms with Crippen LogP contribution in [0, 0.1) is 5.82 Å². The van der Waals surface area contributed by atoms with E-state index in [4.69, 9.17) is 4.74 Å². The predicted molar refractivity (Wildman–Crippen MR) is 105 cm³/mol. The lowest BCUT2D eigenvalue weighted by Crippen LogP contribution is -2.30. The van der Waals surface area contributed by atoms with Crippen LogP contribution in [0.5, 0.6) is 5.75 Å². The van der Waals surface area contributed by atoms with Gasteiger partial charge < -0.3 is 10.1 Å². The van der Waals surface area contributed by atoms with Crippen molar-refractivity contribution in [2.45, 2.75) is 24.2 Å². The molecule has 152 valence electrons. The van der Waals surface area contributed by atoms with E-state index in [0.717, 1.165) is 0 Å². The Kier molecular flexibility index (Phi) is 7.95. The van der Waals surface area contributed by atoms with Crippen LogP contribution in [0.25, 0.3) is 0 Å². The summed E-state index contributed by atoms with van der Waals surface area (Å²) in [6, 6.07) is 12.6. The van der Waals surface area contributed by atoms with Crippen molar-refractivity contribution in [2.24, 2.45) is 0 Å². The predicted octanol–water partition coefficient (Wildman–Crippen LogP) is 2.59. The number of rotatable bonds is 10. The van der Waals surface area contributed by atoms with Gasteiger partial charge in [-0.3, -0.25) is 4.79 Å². The van der Waals surface area contributed by atoms with E-state index in [2.05, 4.69) is 5.32 Å². The van der Waals surface area contributed by atoms with Gasteiger partial charge in [0.05, 0.1) is 12.0 Å². The van der Waals surface area contributed by atoms with Gasteiger partial charge in [-0.15, -0.1) is 0 Å². The van der Waals surface area contributed by atoms with Crippen LogP contribution < -0.4 is 10.1 Å². The fourth-order valence-corrected chi connectivity index (χ4v) is 3.85. The number of carbonyl (C=O) groups excluding carboxylic acids is 1. The van der Waals surface area contributed by atoms with Gasteiger partial charge in [0.25, 0.3) is 0 Å². The second-order valence-electron chi connectivity index (χ2n) is 6.30. The highest BCUT2D eigenvalue weighted by molar-refractivity contribution is 7.89. The average Bonchev–Trinajstić information content (AvgIpc) is 2.69. The lowest BCUT2D eigenvalue weighted by Gasteiger charge is -2.17. The molecule has 2 aromatic carbocycles. The zero-order chi connectivity index (χ0) is 20.6. The summed E-state index contributed by atoms with van der Waals surface area (Å²) < 4.78 is 44.8. The second kappa shape index (κ2) is 10.2. The van der Waals surface area contributed by atoms with Gasteiger partial charge in [0.2, 0.25) is 15.9 Å². The molecule has 0 heterocycles. The Morgan fingerprint density at radius 1 is 1.14 bits per heavy atom. The number of nitrogens with zero attached hydrogens (tertiary/aromatic N) is 1. The summed E-state index contributed by atoms with van der Waals surface area (Å²) >= 11 is 0. The van der Waals surface area contributed by atoms with E-state index < -0.39 is 10.0 Å². The van der Waals surface area contributed by atoms with Crippen molar-refractivity contribution >= 4 is 15.9 Å². The number of carbonyl (C=O) groups is 1. The minimum absolute atomic E-state index is 0.171. The molecule has 0 atom stereocenters. The highest BCUT2D eigenvalue weighted by Crippen LogP contribution is 2.18. The van der Waals surface area contributed by atoms with E-state index in [1.807, 2.05) is 0 Å². The molecule has 0 spiro atoms.